The van der Waals surface area contributed by atoms with Crippen molar-refractivity contribution in [1.29, 1.82) is 0 Å². The van der Waals surface area contributed by atoms with Crippen molar-refractivity contribution < 1.29 is 27.9 Å². The molecule has 3 N–H and O–H groups in total. The maximum atomic E-state index is 13.4. The van der Waals surface area contributed by atoms with Gasteiger partial charge in [-0.25, -0.2) is 22.8 Å². The zero-order chi connectivity index (χ0) is 16.2. The molecule has 0 aliphatic carbocycles. The number of anilines is 1. The molecule has 0 spiro atoms. The summed E-state index contributed by atoms with van der Waals surface area (Å²) in [7, 11) is 0. The van der Waals surface area contributed by atoms with E-state index in [1.807, 2.05) is 5.32 Å². The Hall–Kier alpha value is -2.25. The van der Waals surface area contributed by atoms with Crippen molar-refractivity contribution in [1.82, 2.24) is 5.32 Å². The van der Waals surface area contributed by atoms with E-state index in [-0.39, 0.29) is 12.5 Å². The molecule has 0 heterocycles. The summed E-state index contributed by atoms with van der Waals surface area (Å²) in [5.41, 5.74) is -2.14. The zero-order valence-corrected chi connectivity index (χ0v) is 11.5. The minimum atomic E-state index is -1.55. The van der Waals surface area contributed by atoms with Gasteiger partial charge in [0.25, 0.3) is 0 Å². The average Bonchev–Trinajstić information content (AvgIpc) is 2.35. The van der Waals surface area contributed by atoms with Gasteiger partial charge in [-0.15, -0.1) is 0 Å². The maximum Gasteiger partial charge on any atom is 0.329 e. The fraction of sp³-hybridized carbons (Fsp3) is 0.385. The zero-order valence-electron chi connectivity index (χ0n) is 11.5. The molecule has 0 fully saturated rings. The molecule has 0 saturated carbocycles. The van der Waals surface area contributed by atoms with Crippen LogP contribution in [0.4, 0.5) is 23.7 Å². The van der Waals surface area contributed by atoms with Gasteiger partial charge in [0.15, 0.2) is 11.6 Å². The van der Waals surface area contributed by atoms with E-state index in [0.29, 0.717) is 12.5 Å². The first kappa shape index (κ1) is 16.8. The predicted molar refractivity (Wildman–Crippen MR) is 69.4 cm³/mol. The van der Waals surface area contributed by atoms with Gasteiger partial charge in [0.2, 0.25) is 0 Å². The highest BCUT2D eigenvalue weighted by molar-refractivity contribution is 5.93. The summed E-state index contributed by atoms with van der Waals surface area (Å²) in [6.07, 6.45) is 0.638. The normalized spacial score (nSPS) is 13.4. The predicted octanol–water partition coefficient (Wildman–Crippen LogP) is 2.87. The monoisotopic (exact) mass is 304 g/mol. The van der Waals surface area contributed by atoms with Gasteiger partial charge in [-0.05, 0) is 13.3 Å². The lowest BCUT2D eigenvalue weighted by Gasteiger charge is -2.25. The summed E-state index contributed by atoms with van der Waals surface area (Å²) in [6.45, 7) is 3.02. The fourth-order valence-corrected chi connectivity index (χ4v) is 1.75. The lowest BCUT2D eigenvalue weighted by Crippen LogP contribution is -2.53. The van der Waals surface area contributed by atoms with Crippen LogP contribution in [0.1, 0.15) is 26.7 Å². The van der Waals surface area contributed by atoms with Crippen LogP contribution in [-0.4, -0.2) is 22.6 Å². The number of carbonyl (C=O) groups is 2. The Morgan fingerprint density at radius 2 is 1.76 bits per heavy atom. The molecule has 0 aliphatic heterocycles. The number of aliphatic carboxylic acids is 1. The summed E-state index contributed by atoms with van der Waals surface area (Å²) < 4.78 is 39.1. The lowest BCUT2D eigenvalue weighted by molar-refractivity contribution is -0.143. The van der Waals surface area contributed by atoms with Gasteiger partial charge in [0.1, 0.15) is 11.4 Å². The number of rotatable bonds is 5. The number of carboxylic acid groups (broad SMARTS) is 1. The Bertz CT molecular complexity index is 566. The third kappa shape index (κ3) is 4.11. The molecule has 1 rings (SSSR count). The quantitative estimate of drug-likeness (QED) is 0.732. The maximum absolute atomic E-state index is 13.4. The molecule has 0 radical (unpaired) electrons. The highest BCUT2D eigenvalue weighted by Gasteiger charge is 2.34. The molecule has 0 saturated heterocycles. The van der Waals surface area contributed by atoms with Gasteiger partial charge in [-0.2, -0.15) is 0 Å². The van der Waals surface area contributed by atoms with Crippen LogP contribution in [0.15, 0.2) is 12.1 Å². The van der Waals surface area contributed by atoms with Crippen LogP contribution in [0.5, 0.6) is 0 Å². The average molecular weight is 304 g/mol. The number of nitrogens with one attached hydrogen (secondary N) is 2. The van der Waals surface area contributed by atoms with Crippen LogP contribution in [0.3, 0.4) is 0 Å². The Labute approximate surface area is 119 Å². The van der Waals surface area contributed by atoms with Crippen molar-refractivity contribution in [2.75, 3.05) is 5.32 Å². The molecular formula is C13H15F3N2O3. The minimum Gasteiger partial charge on any atom is -0.480 e. The lowest BCUT2D eigenvalue weighted by atomic mass is 9.97. The number of hydrogen-bond donors (Lipinski definition) is 3. The summed E-state index contributed by atoms with van der Waals surface area (Å²) in [5, 5.41) is 13.2. The van der Waals surface area contributed by atoms with E-state index in [0.717, 1.165) is 0 Å². The third-order valence-corrected chi connectivity index (χ3v) is 2.87. The molecule has 21 heavy (non-hydrogen) atoms. The van der Waals surface area contributed by atoms with Crippen molar-refractivity contribution in [2.24, 2.45) is 0 Å². The SMILES string of the molecule is CCCC(C)(NC(=O)Nc1cc(F)c(F)cc1F)C(=O)O. The molecule has 2 amide bonds. The van der Waals surface area contributed by atoms with Crippen molar-refractivity contribution in [2.45, 2.75) is 32.2 Å². The summed E-state index contributed by atoms with van der Waals surface area (Å²) in [6, 6.07) is -0.270. The van der Waals surface area contributed by atoms with Crippen molar-refractivity contribution >= 4 is 17.7 Å². The van der Waals surface area contributed by atoms with Crippen molar-refractivity contribution in [3.63, 3.8) is 0 Å². The molecule has 1 unspecified atom stereocenters. The Kier molecular flexibility index (Phi) is 5.17. The first-order chi connectivity index (χ1) is 9.69. The molecule has 0 bridgehead atoms. The number of carboxylic acids is 1. The van der Waals surface area contributed by atoms with Gasteiger partial charge in [0, 0.05) is 12.1 Å². The number of hydrogen-bond acceptors (Lipinski definition) is 2. The number of carbonyl (C=O) groups excluding carboxylic acids is 1. The molecule has 5 nitrogen and oxygen atoms in total. The summed E-state index contributed by atoms with van der Waals surface area (Å²) >= 11 is 0. The van der Waals surface area contributed by atoms with Gasteiger partial charge in [0.05, 0.1) is 5.69 Å². The van der Waals surface area contributed by atoms with Crippen LogP contribution in [-0.2, 0) is 4.79 Å². The second-order valence-electron chi connectivity index (χ2n) is 4.71. The minimum absolute atomic E-state index is 0.149. The van der Waals surface area contributed by atoms with Gasteiger partial charge in [-0.1, -0.05) is 13.3 Å². The van der Waals surface area contributed by atoms with Crippen LogP contribution in [0.25, 0.3) is 0 Å². The molecule has 0 aromatic heterocycles. The van der Waals surface area contributed by atoms with Crippen LogP contribution in [0, 0.1) is 17.5 Å². The van der Waals surface area contributed by atoms with Gasteiger partial charge < -0.3 is 15.7 Å². The standard InChI is InChI=1S/C13H15F3N2O3/c1-3-4-13(2,11(19)20)18-12(21)17-10-6-8(15)7(14)5-9(10)16/h5-6H,3-4H2,1-2H3,(H,19,20)(H2,17,18,21). The van der Waals surface area contributed by atoms with E-state index in [1.54, 1.807) is 6.92 Å². The second kappa shape index (κ2) is 6.47. The number of halogens is 3. The Balaban J connectivity index is 2.87. The van der Waals surface area contributed by atoms with Crippen LogP contribution in [0.2, 0.25) is 0 Å². The van der Waals surface area contributed by atoms with Gasteiger partial charge >= 0.3 is 12.0 Å². The first-order valence-corrected chi connectivity index (χ1v) is 6.16. The Morgan fingerprint density at radius 3 is 2.29 bits per heavy atom. The number of amides is 2. The second-order valence-corrected chi connectivity index (χ2v) is 4.71. The van der Waals surface area contributed by atoms with E-state index in [9.17, 15) is 22.8 Å². The molecule has 0 aliphatic rings. The largest absolute Gasteiger partial charge is 0.480 e. The van der Waals surface area contributed by atoms with E-state index < -0.39 is 40.7 Å². The smallest absolute Gasteiger partial charge is 0.329 e. The van der Waals surface area contributed by atoms with E-state index >= 15 is 0 Å². The summed E-state index contributed by atoms with van der Waals surface area (Å²) in [4.78, 5) is 22.8. The third-order valence-electron chi connectivity index (χ3n) is 2.87. The highest BCUT2D eigenvalue weighted by atomic mass is 19.2. The molecule has 8 heteroatoms. The van der Waals surface area contributed by atoms with E-state index in [1.165, 1.54) is 6.92 Å². The van der Waals surface area contributed by atoms with E-state index in [4.69, 9.17) is 5.11 Å². The van der Waals surface area contributed by atoms with Crippen molar-refractivity contribution in [3.8, 4) is 0 Å². The Morgan fingerprint density at radius 1 is 1.19 bits per heavy atom. The molecular weight excluding hydrogens is 289 g/mol. The number of urea groups is 1. The molecule has 1 aromatic rings. The van der Waals surface area contributed by atoms with Crippen molar-refractivity contribution in [3.05, 3.63) is 29.6 Å². The first-order valence-electron chi connectivity index (χ1n) is 6.16. The fourth-order valence-electron chi connectivity index (χ4n) is 1.75. The van der Waals surface area contributed by atoms with Gasteiger partial charge in [-0.3, -0.25) is 0 Å². The molecule has 1 atom stereocenters. The van der Waals surface area contributed by atoms with Crippen LogP contribution >= 0.6 is 0 Å². The number of benzene rings is 1. The van der Waals surface area contributed by atoms with E-state index in [2.05, 4.69) is 5.32 Å². The molecule has 116 valence electrons. The summed E-state index contributed by atoms with van der Waals surface area (Å²) in [5.74, 6) is -5.15. The highest BCUT2D eigenvalue weighted by Crippen LogP contribution is 2.19. The molecule has 1 aromatic carbocycles. The van der Waals surface area contributed by atoms with Crippen LogP contribution < -0.4 is 10.6 Å². The topological polar surface area (TPSA) is 78.4 Å².